The van der Waals surface area contributed by atoms with Crippen molar-refractivity contribution in [1.29, 1.82) is 0 Å². The highest BCUT2D eigenvalue weighted by molar-refractivity contribution is 5.73. The Labute approximate surface area is 215 Å². The minimum absolute atomic E-state index is 0.203. The molecule has 1 N–H and O–H groups in total. The number of carbonyl (C=O) groups is 1. The van der Waals surface area contributed by atoms with E-state index in [1.807, 2.05) is 6.07 Å². The van der Waals surface area contributed by atoms with Gasteiger partial charge in [0.15, 0.2) is 0 Å². The van der Waals surface area contributed by atoms with Crippen molar-refractivity contribution in [2.45, 2.75) is 72.3 Å². The van der Waals surface area contributed by atoms with Crippen molar-refractivity contribution in [1.82, 2.24) is 19.6 Å². The van der Waals surface area contributed by atoms with E-state index in [9.17, 15) is 14.3 Å². The van der Waals surface area contributed by atoms with Crippen molar-refractivity contribution in [3.05, 3.63) is 52.6 Å². The number of halogens is 1. The number of likely N-dealkylation sites (tertiary alicyclic amines) is 2. The molecule has 2 aliphatic rings. The van der Waals surface area contributed by atoms with Crippen LogP contribution < -0.4 is 0 Å². The fraction of sp³-hybridized carbons (Fsp3) is 0.655. The van der Waals surface area contributed by atoms with Gasteiger partial charge in [-0.3, -0.25) is 9.48 Å². The summed E-state index contributed by atoms with van der Waals surface area (Å²) >= 11 is 0. The Kier molecular flexibility index (Phi) is 8.20. The molecular weight excluding hydrogens is 455 g/mol. The second-order valence-corrected chi connectivity index (χ2v) is 11.5. The van der Waals surface area contributed by atoms with Gasteiger partial charge in [-0.1, -0.05) is 19.1 Å². The number of rotatable bonds is 9. The highest BCUT2D eigenvalue weighted by Gasteiger charge is 2.39. The first-order chi connectivity index (χ1) is 17.1. The third kappa shape index (κ3) is 5.67. The van der Waals surface area contributed by atoms with Gasteiger partial charge in [0, 0.05) is 44.3 Å². The maximum Gasteiger partial charge on any atom is 0.310 e. The number of aromatic nitrogens is 2. The summed E-state index contributed by atoms with van der Waals surface area (Å²) < 4.78 is 16.2. The Morgan fingerprint density at radius 1 is 1.17 bits per heavy atom. The molecule has 1 aromatic heterocycles. The summed E-state index contributed by atoms with van der Waals surface area (Å²) in [5, 5.41) is 14.5. The predicted octanol–water partition coefficient (Wildman–Crippen LogP) is 4.92. The molecule has 0 saturated carbocycles. The van der Waals surface area contributed by atoms with Crippen LogP contribution in [-0.2, 0) is 17.8 Å². The zero-order valence-electron chi connectivity index (χ0n) is 22.6. The molecule has 6 nitrogen and oxygen atoms in total. The minimum Gasteiger partial charge on any atom is -0.481 e. The van der Waals surface area contributed by atoms with Crippen molar-refractivity contribution in [3.8, 4) is 0 Å². The minimum atomic E-state index is -0.808. The van der Waals surface area contributed by atoms with Crippen molar-refractivity contribution in [2.75, 3.05) is 39.3 Å². The highest BCUT2D eigenvalue weighted by Crippen LogP contribution is 2.38. The smallest absolute Gasteiger partial charge is 0.310 e. The van der Waals surface area contributed by atoms with Crippen LogP contribution in [-0.4, -0.2) is 69.9 Å². The van der Waals surface area contributed by atoms with Crippen LogP contribution in [0.4, 0.5) is 4.39 Å². The Morgan fingerprint density at radius 3 is 2.50 bits per heavy atom. The van der Waals surface area contributed by atoms with E-state index in [0.29, 0.717) is 18.4 Å². The monoisotopic (exact) mass is 498 g/mol. The van der Waals surface area contributed by atoms with Crippen LogP contribution in [0.25, 0.3) is 0 Å². The number of carboxylic acids is 1. The third-order valence-electron chi connectivity index (χ3n) is 8.44. The lowest BCUT2D eigenvalue weighted by molar-refractivity contribution is -0.147. The SMILES string of the molecule is CCc1nn(CC)c(C)c1C1CCN(C[C@@H]2CN(CC(C)(C)C(=O)O)C[C@@H]2c2cccc(F)c2)CC1. The van der Waals surface area contributed by atoms with Crippen LogP contribution in [0.1, 0.15) is 74.9 Å². The van der Waals surface area contributed by atoms with E-state index in [0.717, 1.165) is 64.1 Å². The maximum absolute atomic E-state index is 14.1. The molecule has 2 saturated heterocycles. The average Bonchev–Trinajstić information content (AvgIpc) is 3.38. The molecule has 0 bridgehead atoms. The van der Waals surface area contributed by atoms with E-state index < -0.39 is 11.4 Å². The summed E-state index contributed by atoms with van der Waals surface area (Å²) in [5.41, 5.74) is 4.27. The number of nitrogens with zero attached hydrogens (tertiary/aromatic N) is 4. The van der Waals surface area contributed by atoms with Gasteiger partial charge in [0.25, 0.3) is 0 Å². The van der Waals surface area contributed by atoms with E-state index in [2.05, 4.69) is 35.3 Å². The van der Waals surface area contributed by atoms with Crippen LogP contribution in [0, 0.1) is 24.1 Å². The second kappa shape index (κ2) is 11.0. The number of benzene rings is 1. The lowest BCUT2D eigenvalue weighted by atomic mass is 9.85. The average molecular weight is 499 g/mol. The lowest BCUT2D eigenvalue weighted by Gasteiger charge is -2.35. The molecule has 0 aliphatic carbocycles. The van der Waals surface area contributed by atoms with Crippen molar-refractivity contribution < 1.29 is 14.3 Å². The van der Waals surface area contributed by atoms with E-state index in [4.69, 9.17) is 5.10 Å². The quantitative estimate of drug-likeness (QED) is 0.532. The van der Waals surface area contributed by atoms with Gasteiger partial charge in [-0.15, -0.1) is 0 Å². The van der Waals surface area contributed by atoms with E-state index >= 15 is 0 Å². The van der Waals surface area contributed by atoms with Crippen molar-refractivity contribution in [3.63, 3.8) is 0 Å². The molecule has 1 aromatic carbocycles. The van der Waals surface area contributed by atoms with E-state index in [-0.39, 0.29) is 11.7 Å². The van der Waals surface area contributed by atoms with Crippen molar-refractivity contribution in [2.24, 2.45) is 11.3 Å². The first kappa shape index (κ1) is 26.8. The molecule has 0 spiro atoms. The number of piperidine rings is 1. The predicted molar refractivity (Wildman–Crippen MR) is 141 cm³/mol. The molecule has 198 valence electrons. The van der Waals surface area contributed by atoms with Gasteiger partial charge < -0.3 is 14.9 Å². The summed E-state index contributed by atoms with van der Waals surface area (Å²) in [6.07, 6.45) is 3.25. The van der Waals surface area contributed by atoms with Crippen LogP contribution >= 0.6 is 0 Å². The maximum atomic E-state index is 14.1. The summed E-state index contributed by atoms with van der Waals surface area (Å²) in [5.74, 6) is 0.144. The number of aryl methyl sites for hydroxylation is 2. The zero-order chi connectivity index (χ0) is 26.0. The summed E-state index contributed by atoms with van der Waals surface area (Å²) in [6, 6.07) is 6.98. The van der Waals surface area contributed by atoms with Crippen LogP contribution in [0.15, 0.2) is 24.3 Å². The van der Waals surface area contributed by atoms with Gasteiger partial charge in [-0.25, -0.2) is 4.39 Å². The molecule has 2 aromatic rings. The molecule has 4 rings (SSSR count). The normalized spacial score (nSPS) is 22.4. The number of carboxylic acid groups (broad SMARTS) is 1. The molecule has 7 heteroatoms. The van der Waals surface area contributed by atoms with Gasteiger partial charge in [-0.2, -0.15) is 5.10 Å². The molecule has 2 fully saturated rings. The second-order valence-electron chi connectivity index (χ2n) is 11.5. The van der Waals surface area contributed by atoms with Gasteiger partial charge in [0.1, 0.15) is 5.82 Å². The fourth-order valence-electron chi connectivity index (χ4n) is 6.47. The largest absolute Gasteiger partial charge is 0.481 e. The van der Waals surface area contributed by atoms with Crippen LogP contribution in [0.3, 0.4) is 0 Å². The molecule has 3 heterocycles. The van der Waals surface area contributed by atoms with E-state index in [1.54, 1.807) is 26.0 Å². The fourth-order valence-corrected chi connectivity index (χ4v) is 6.47. The standard InChI is InChI=1S/C29H43FN4O2/c1-6-26-27(20(3)34(7-2)31-26)21-11-13-32(14-12-21)16-23-17-33(19-29(4,5)28(35)36)18-25(23)22-9-8-10-24(30)15-22/h8-10,15,21,23,25H,6-7,11-14,16-19H2,1-5H3,(H,35,36)/t23-,25-/m1/s1. The molecule has 0 radical (unpaired) electrons. The molecule has 36 heavy (non-hydrogen) atoms. The van der Waals surface area contributed by atoms with Crippen LogP contribution in [0.5, 0.6) is 0 Å². The van der Waals surface area contributed by atoms with Gasteiger partial charge in [-0.05, 0) is 95.1 Å². The summed E-state index contributed by atoms with van der Waals surface area (Å²) in [4.78, 5) is 16.6. The first-order valence-electron chi connectivity index (χ1n) is 13.6. The Bertz CT molecular complexity index is 1060. The highest BCUT2D eigenvalue weighted by atomic mass is 19.1. The molecule has 2 aliphatic heterocycles. The molecule has 0 unspecified atom stereocenters. The van der Waals surface area contributed by atoms with Gasteiger partial charge in [0.05, 0.1) is 11.1 Å². The molecule has 2 atom stereocenters. The molecule has 0 amide bonds. The Morgan fingerprint density at radius 2 is 1.89 bits per heavy atom. The van der Waals surface area contributed by atoms with Crippen molar-refractivity contribution >= 4 is 5.97 Å². The lowest BCUT2D eigenvalue weighted by Crippen LogP contribution is -2.40. The zero-order valence-corrected chi connectivity index (χ0v) is 22.6. The van der Waals surface area contributed by atoms with Gasteiger partial charge >= 0.3 is 5.97 Å². The van der Waals surface area contributed by atoms with Crippen LogP contribution in [0.2, 0.25) is 0 Å². The topological polar surface area (TPSA) is 61.6 Å². The third-order valence-corrected chi connectivity index (χ3v) is 8.44. The van der Waals surface area contributed by atoms with Gasteiger partial charge in [0.2, 0.25) is 0 Å². The molecular formula is C29H43FN4O2. The van der Waals surface area contributed by atoms with E-state index in [1.165, 1.54) is 23.0 Å². The number of hydrogen-bond acceptors (Lipinski definition) is 4. The summed E-state index contributed by atoms with van der Waals surface area (Å²) in [6.45, 7) is 16.3. The number of hydrogen-bond donors (Lipinski definition) is 1. The number of aliphatic carboxylic acids is 1. The first-order valence-corrected chi connectivity index (χ1v) is 13.6. The Hall–Kier alpha value is -2.25. The Balaban J connectivity index is 1.45. The summed E-state index contributed by atoms with van der Waals surface area (Å²) in [7, 11) is 0.